The van der Waals surface area contributed by atoms with Crippen LogP contribution in [0.3, 0.4) is 0 Å². The number of anilines is 1. The lowest BCUT2D eigenvalue weighted by Gasteiger charge is -2.18. The molecule has 0 saturated carbocycles. The number of hydrogen-bond donors (Lipinski definition) is 1. The van der Waals surface area contributed by atoms with Crippen molar-refractivity contribution in [3.63, 3.8) is 0 Å². The molecule has 0 spiro atoms. The zero-order valence-electron chi connectivity index (χ0n) is 16.1. The van der Waals surface area contributed by atoms with E-state index in [1.165, 1.54) is 6.07 Å². The minimum absolute atomic E-state index is 0.152. The Labute approximate surface area is 171 Å². The van der Waals surface area contributed by atoms with Gasteiger partial charge in [0, 0.05) is 18.1 Å². The van der Waals surface area contributed by atoms with Crippen molar-refractivity contribution in [2.24, 2.45) is 5.92 Å². The number of likely N-dealkylation sites (tertiary alicyclic amines) is 1. The fraction of sp³-hybridized carbons (Fsp3) is 0.381. The van der Waals surface area contributed by atoms with E-state index in [-0.39, 0.29) is 16.5 Å². The molecule has 0 bridgehead atoms. The van der Waals surface area contributed by atoms with Crippen molar-refractivity contribution in [2.75, 3.05) is 17.8 Å². The first-order valence-corrected chi connectivity index (χ1v) is 11.3. The second kappa shape index (κ2) is 8.53. The van der Waals surface area contributed by atoms with Crippen LogP contribution in [-0.4, -0.2) is 32.3 Å². The van der Waals surface area contributed by atoms with E-state index in [0.717, 1.165) is 24.8 Å². The predicted octanol–water partition coefficient (Wildman–Crippen LogP) is 4.58. The molecule has 0 atom stereocenters. The van der Waals surface area contributed by atoms with Crippen LogP contribution in [0.25, 0.3) is 0 Å². The molecule has 2 aromatic carbocycles. The minimum Gasteiger partial charge on any atom is -0.339 e. The minimum atomic E-state index is -3.83. The van der Waals surface area contributed by atoms with Crippen molar-refractivity contribution in [3.8, 4) is 0 Å². The second-order valence-corrected chi connectivity index (χ2v) is 9.66. The van der Waals surface area contributed by atoms with Crippen molar-refractivity contribution >= 4 is 33.2 Å². The average molecular weight is 421 g/mol. The molecule has 1 N–H and O–H groups in total. The summed E-state index contributed by atoms with van der Waals surface area (Å²) in [5, 5.41) is 0.364. The quantitative estimate of drug-likeness (QED) is 0.744. The monoisotopic (exact) mass is 420 g/mol. The van der Waals surface area contributed by atoms with Crippen molar-refractivity contribution in [3.05, 3.63) is 58.6 Å². The van der Waals surface area contributed by atoms with Crippen molar-refractivity contribution in [1.82, 2.24) is 4.90 Å². The zero-order valence-corrected chi connectivity index (χ0v) is 17.7. The van der Waals surface area contributed by atoms with E-state index in [1.54, 1.807) is 29.2 Å². The Morgan fingerprint density at radius 3 is 2.36 bits per heavy atom. The summed E-state index contributed by atoms with van der Waals surface area (Å²) >= 11 is 6.07. The molecule has 2 aromatic rings. The first kappa shape index (κ1) is 20.7. The third kappa shape index (κ3) is 4.86. The molecule has 3 rings (SSSR count). The highest BCUT2D eigenvalue weighted by Gasteiger charge is 2.24. The maximum absolute atomic E-state index is 12.9. The van der Waals surface area contributed by atoms with Gasteiger partial charge in [-0.2, -0.15) is 0 Å². The van der Waals surface area contributed by atoms with Gasteiger partial charge in [0.1, 0.15) is 0 Å². The molecule has 1 amide bonds. The number of nitrogens with zero attached hydrogens (tertiary/aromatic N) is 1. The summed E-state index contributed by atoms with van der Waals surface area (Å²) in [5.74, 6) is 0.311. The van der Waals surface area contributed by atoms with E-state index >= 15 is 0 Å². The first-order valence-electron chi connectivity index (χ1n) is 9.47. The number of nitrogens with one attached hydrogen (secondary N) is 1. The van der Waals surface area contributed by atoms with Crippen LogP contribution < -0.4 is 4.72 Å². The number of carbonyl (C=O) groups is 1. The Morgan fingerprint density at radius 1 is 1.11 bits per heavy atom. The summed E-state index contributed by atoms with van der Waals surface area (Å²) in [6.07, 6.45) is 2.81. The number of benzene rings is 2. The molecule has 1 aliphatic heterocycles. The fourth-order valence-electron chi connectivity index (χ4n) is 3.36. The van der Waals surface area contributed by atoms with E-state index in [4.69, 9.17) is 11.6 Å². The summed E-state index contributed by atoms with van der Waals surface area (Å²) in [7, 11) is -3.83. The number of halogens is 1. The lowest BCUT2D eigenvalue weighted by atomic mass is 10.0. The van der Waals surface area contributed by atoms with Gasteiger partial charge in [0.25, 0.3) is 15.9 Å². The van der Waals surface area contributed by atoms with Crippen LogP contribution in [0.4, 0.5) is 5.69 Å². The molecule has 28 heavy (non-hydrogen) atoms. The van der Waals surface area contributed by atoms with Gasteiger partial charge in [-0.15, -0.1) is 0 Å². The zero-order chi connectivity index (χ0) is 20.3. The van der Waals surface area contributed by atoms with E-state index in [0.29, 0.717) is 29.6 Å². The molecule has 150 valence electrons. The Morgan fingerprint density at radius 2 is 1.75 bits per heavy atom. The molecule has 1 saturated heterocycles. The summed E-state index contributed by atoms with van der Waals surface area (Å²) in [6.45, 7) is 5.60. The molecule has 0 aromatic heterocycles. The molecular weight excluding hydrogens is 396 g/mol. The summed E-state index contributed by atoms with van der Waals surface area (Å²) in [6, 6.07) is 11.5. The number of amides is 1. The molecular formula is C21H25ClN2O3S. The summed E-state index contributed by atoms with van der Waals surface area (Å²) in [5.41, 5.74) is 1.60. The molecule has 0 aliphatic carbocycles. The van der Waals surface area contributed by atoms with E-state index in [9.17, 15) is 13.2 Å². The first-order chi connectivity index (χ1) is 13.3. The van der Waals surface area contributed by atoms with E-state index < -0.39 is 10.0 Å². The lowest BCUT2D eigenvalue weighted by molar-refractivity contribution is 0.0794. The van der Waals surface area contributed by atoms with Crippen LogP contribution in [-0.2, 0) is 16.4 Å². The fourth-order valence-corrected chi connectivity index (χ4v) is 4.60. The molecule has 5 nitrogen and oxygen atoms in total. The van der Waals surface area contributed by atoms with Gasteiger partial charge in [0.05, 0.1) is 16.1 Å². The van der Waals surface area contributed by atoms with E-state index in [2.05, 4.69) is 18.6 Å². The predicted molar refractivity (Wildman–Crippen MR) is 112 cm³/mol. The van der Waals surface area contributed by atoms with Gasteiger partial charge < -0.3 is 4.90 Å². The second-order valence-electron chi connectivity index (χ2n) is 7.54. The van der Waals surface area contributed by atoms with Gasteiger partial charge in [-0.05, 0) is 61.1 Å². The van der Waals surface area contributed by atoms with Gasteiger partial charge in [-0.1, -0.05) is 37.6 Å². The highest BCUT2D eigenvalue weighted by atomic mass is 35.5. The third-order valence-electron chi connectivity index (χ3n) is 4.73. The lowest BCUT2D eigenvalue weighted by Crippen LogP contribution is -2.28. The van der Waals surface area contributed by atoms with Crippen LogP contribution in [0.2, 0.25) is 5.02 Å². The molecule has 1 heterocycles. The van der Waals surface area contributed by atoms with Gasteiger partial charge >= 0.3 is 0 Å². The smallest absolute Gasteiger partial charge is 0.261 e. The summed E-state index contributed by atoms with van der Waals surface area (Å²) in [4.78, 5) is 14.7. The Bertz CT molecular complexity index is 950. The van der Waals surface area contributed by atoms with Crippen LogP contribution in [0.5, 0.6) is 0 Å². The maximum Gasteiger partial charge on any atom is 0.261 e. The topological polar surface area (TPSA) is 66.5 Å². The summed E-state index contributed by atoms with van der Waals surface area (Å²) < 4.78 is 28.3. The highest BCUT2D eigenvalue weighted by molar-refractivity contribution is 7.92. The molecule has 1 aliphatic rings. The number of sulfonamides is 1. The number of rotatable bonds is 6. The van der Waals surface area contributed by atoms with Crippen LogP contribution in [0, 0.1) is 5.92 Å². The highest BCUT2D eigenvalue weighted by Crippen LogP contribution is 2.27. The molecule has 1 fully saturated rings. The van der Waals surface area contributed by atoms with Crippen LogP contribution in [0.1, 0.15) is 42.6 Å². The van der Waals surface area contributed by atoms with Gasteiger partial charge in [-0.3, -0.25) is 9.52 Å². The van der Waals surface area contributed by atoms with Gasteiger partial charge in [0.2, 0.25) is 0 Å². The van der Waals surface area contributed by atoms with Crippen molar-refractivity contribution in [1.29, 1.82) is 0 Å². The third-order valence-corrected chi connectivity index (χ3v) is 6.34. The van der Waals surface area contributed by atoms with Crippen LogP contribution in [0.15, 0.2) is 47.4 Å². The standard InChI is InChI=1S/C21H25ClN2O3S/c1-15(2)13-16-5-8-18(9-6-16)28(26,27)23-20-14-17(22)7-10-19(20)21(25)24-11-3-4-12-24/h5-10,14-15,23H,3-4,11-13H2,1-2H3. The maximum atomic E-state index is 12.9. The van der Waals surface area contributed by atoms with Crippen LogP contribution >= 0.6 is 11.6 Å². The SMILES string of the molecule is CC(C)Cc1ccc(S(=O)(=O)Nc2cc(Cl)ccc2C(=O)N2CCCC2)cc1. The van der Waals surface area contributed by atoms with Gasteiger partial charge in [0.15, 0.2) is 0 Å². The van der Waals surface area contributed by atoms with Crippen molar-refractivity contribution in [2.45, 2.75) is 38.0 Å². The normalized spacial score (nSPS) is 14.5. The Hall–Kier alpha value is -2.05. The average Bonchev–Trinajstić information content (AvgIpc) is 3.15. The van der Waals surface area contributed by atoms with E-state index in [1.807, 2.05) is 12.1 Å². The molecule has 0 unspecified atom stereocenters. The molecule has 7 heteroatoms. The number of carbonyl (C=O) groups excluding carboxylic acids is 1. The molecule has 0 radical (unpaired) electrons. The van der Waals surface area contributed by atoms with Gasteiger partial charge in [-0.25, -0.2) is 8.42 Å². The Balaban J connectivity index is 1.87. The number of hydrogen-bond acceptors (Lipinski definition) is 3. The Kier molecular flexibility index (Phi) is 6.30. The largest absolute Gasteiger partial charge is 0.339 e. The van der Waals surface area contributed by atoms with Crippen molar-refractivity contribution < 1.29 is 13.2 Å².